The molecule has 1 atom stereocenters. The number of anilines is 1. The van der Waals surface area contributed by atoms with E-state index in [0.717, 1.165) is 24.6 Å². The van der Waals surface area contributed by atoms with Gasteiger partial charge in [-0.25, -0.2) is 0 Å². The quantitative estimate of drug-likeness (QED) is 0.253. The Labute approximate surface area is 237 Å². The predicted octanol–water partition coefficient (Wildman–Crippen LogP) is 5.59. The fourth-order valence-corrected chi connectivity index (χ4v) is 5.11. The number of halogens is 3. The van der Waals surface area contributed by atoms with E-state index in [9.17, 15) is 22.8 Å². The highest BCUT2D eigenvalue weighted by molar-refractivity contribution is 5.99. The number of aromatic nitrogens is 1. The molecular weight excluding hydrogens is 531 g/mol. The summed E-state index contributed by atoms with van der Waals surface area (Å²) in [6, 6.07) is 15.2. The minimum atomic E-state index is -4.60. The molecule has 0 saturated heterocycles. The Bertz CT molecular complexity index is 1370. The van der Waals surface area contributed by atoms with Crippen molar-refractivity contribution in [2.45, 2.75) is 51.2 Å². The Morgan fingerprint density at radius 2 is 1.68 bits per heavy atom. The zero-order valence-electron chi connectivity index (χ0n) is 22.8. The number of carbonyl (C=O) groups excluding carboxylic acids is 2. The average molecular weight is 566 g/mol. The van der Waals surface area contributed by atoms with E-state index >= 15 is 0 Å². The predicted molar refractivity (Wildman–Crippen MR) is 152 cm³/mol. The maximum Gasteiger partial charge on any atom is 0.433 e. The lowest BCUT2D eigenvalue weighted by Gasteiger charge is -2.28. The summed E-state index contributed by atoms with van der Waals surface area (Å²) in [6.07, 6.45) is -0.217. The zero-order chi connectivity index (χ0) is 29.6. The molecule has 2 aromatic carbocycles. The van der Waals surface area contributed by atoms with E-state index in [0.29, 0.717) is 47.8 Å². The van der Waals surface area contributed by atoms with Gasteiger partial charge in [0.1, 0.15) is 6.04 Å². The fourth-order valence-electron chi connectivity index (χ4n) is 5.11. The number of nitrogens with zero attached hydrogens (tertiary/aromatic N) is 1. The minimum Gasteiger partial charge on any atom is -0.344 e. The van der Waals surface area contributed by atoms with E-state index in [1.807, 2.05) is 0 Å². The van der Waals surface area contributed by atoms with Crippen LogP contribution in [0.25, 0.3) is 11.1 Å². The van der Waals surface area contributed by atoms with Crippen LogP contribution in [0.4, 0.5) is 18.9 Å². The summed E-state index contributed by atoms with van der Waals surface area (Å²) in [4.78, 5) is 30.1. The van der Waals surface area contributed by atoms with Gasteiger partial charge in [0.15, 0.2) is 5.69 Å². The molecule has 1 aliphatic carbocycles. The molecule has 10 heteroatoms. The molecular formula is C31H34F3N5O2. The molecule has 5 N–H and O–H groups in total. The van der Waals surface area contributed by atoms with Crippen molar-refractivity contribution in [3.63, 3.8) is 0 Å². The molecule has 0 unspecified atom stereocenters. The van der Waals surface area contributed by atoms with Crippen LogP contribution in [-0.2, 0) is 22.2 Å². The van der Waals surface area contributed by atoms with Gasteiger partial charge in [-0.1, -0.05) is 42.5 Å². The van der Waals surface area contributed by atoms with Crippen molar-refractivity contribution in [3.8, 4) is 11.1 Å². The summed E-state index contributed by atoms with van der Waals surface area (Å²) < 4.78 is 40.4. The van der Waals surface area contributed by atoms with Crippen molar-refractivity contribution in [1.82, 2.24) is 10.3 Å². The van der Waals surface area contributed by atoms with Crippen LogP contribution in [0.15, 0.2) is 66.9 Å². The monoisotopic (exact) mass is 565 g/mol. The van der Waals surface area contributed by atoms with Crippen LogP contribution < -0.4 is 16.4 Å². The van der Waals surface area contributed by atoms with Gasteiger partial charge in [0.05, 0.1) is 0 Å². The first-order chi connectivity index (χ1) is 19.5. The van der Waals surface area contributed by atoms with E-state index in [1.54, 1.807) is 55.5 Å². The summed E-state index contributed by atoms with van der Waals surface area (Å²) in [6.45, 7) is 2.26. The molecule has 1 heterocycles. The Kier molecular flexibility index (Phi) is 9.54. The van der Waals surface area contributed by atoms with Crippen molar-refractivity contribution >= 4 is 23.2 Å². The molecule has 41 heavy (non-hydrogen) atoms. The van der Waals surface area contributed by atoms with Crippen LogP contribution in [0.3, 0.4) is 0 Å². The van der Waals surface area contributed by atoms with Gasteiger partial charge in [-0.15, -0.1) is 0 Å². The minimum absolute atomic E-state index is 0.0363. The maximum atomic E-state index is 13.5. The lowest BCUT2D eigenvalue weighted by molar-refractivity contribution is -0.140. The fraction of sp³-hybridized carbons (Fsp3) is 0.355. The highest BCUT2D eigenvalue weighted by atomic mass is 19.4. The first kappa shape index (κ1) is 29.9. The Hall–Kier alpha value is -4.05. The van der Waals surface area contributed by atoms with E-state index in [2.05, 4.69) is 15.6 Å². The van der Waals surface area contributed by atoms with Crippen LogP contribution in [0, 0.1) is 17.2 Å². The van der Waals surface area contributed by atoms with E-state index < -0.39 is 23.8 Å². The number of carbonyl (C=O) groups is 2. The number of amides is 2. The Morgan fingerprint density at radius 3 is 2.27 bits per heavy atom. The molecule has 0 radical (unpaired) electrons. The van der Waals surface area contributed by atoms with Gasteiger partial charge in [0.2, 0.25) is 11.8 Å². The number of alkyl halides is 3. The topological polar surface area (TPSA) is 121 Å². The molecule has 3 aromatic rings. The first-order valence-electron chi connectivity index (χ1n) is 13.6. The lowest BCUT2D eigenvalue weighted by atomic mass is 9.81. The summed E-state index contributed by atoms with van der Waals surface area (Å²) in [5.74, 6) is -0.417. The highest BCUT2D eigenvalue weighted by Crippen LogP contribution is 2.35. The zero-order valence-corrected chi connectivity index (χ0v) is 22.8. The van der Waals surface area contributed by atoms with E-state index in [1.165, 1.54) is 12.1 Å². The van der Waals surface area contributed by atoms with Crippen molar-refractivity contribution in [3.05, 3.63) is 83.7 Å². The third kappa shape index (κ3) is 7.79. The SMILES string of the molecule is CC(=N)c1ccc(NC(=O)[C@H](Cc2ccc(-c3cccnc3C(F)(F)F)cc2)NC(=O)[C@H]2CC[C@H](CN)CC2)cc1. The Morgan fingerprint density at radius 1 is 1.02 bits per heavy atom. The van der Waals surface area contributed by atoms with Gasteiger partial charge in [-0.2, -0.15) is 13.2 Å². The van der Waals surface area contributed by atoms with Crippen molar-refractivity contribution < 1.29 is 22.8 Å². The standard InChI is InChI=1S/C31H34F3N5O2/c1-19(36)22-12-14-25(15-13-22)38-30(41)27(39-29(40)24-10-6-21(18-35)7-11-24)17-20-4-8-23(9-5-20)26-3-2-16-37-28(26)31(32,33)34/h2-5,8-9,12-16,21,24,27,36H,6-7,10-11,17-18,35H2,1H3,(H,38,41)(H,39,40)/t21-,24-,27-/m0/s1. The van der Waals surface area contributed by atoms with Crippen molar-refractivity contribution in [2.75, 3.05) is 11.9 Å². The molecule has 2 amide bonds. The van der Waals surface area contributed by atoms with Crippen molar-refractivity contribution in [2.24, 2.45) is 17.6 Å². The number of nitrogens with two attached hydrogens (primary N) is 1. The molecule has 216 valence electrons. The van der Waals surface area contributed by atoms with Gasteiger partial charge in [0, 0.05) is 35.5 Å². The number of pyridine rings is 1. The second-order valence-electron chi connectivity index (χ2n) is 10.5. The molecule has 0 spiro atoms. The number of rotatable bonds is 9. The van der Waals surface area contributed by atoms with Crippen LogP contribution in [0.5, 0.6) is 0 Å². The smallest absolute Gasteiger partial charge is 0.344 e. The molecule has 0 bridgehead atoms. The molecule has 1 saturated carbocycles. The van der Waals surface area contributed by atoms with Crippen LogP contribution in [-0.4, -0.2) is 35.1 Å². The molecule has 0 aliphatic heterocycles. The van der Waals surface area contributed by atoms with E-state index in [4.69, 9.17) is 11.1 Å². The summed E-state index contributed by atoms with van der Waals surface area (Å²) >= 11 is 0. The van der Waals surface area contributed by atoms with Gasteiger partial charge >= 0.3 is 6.18 Å². The van der Waals surface area contributed by atoms with Gasteiger partial charge in [0.25, 0.3) is 0 Å². The largest absolute Gasteiger partial charge is 0.433 e. The van der Waals surface area contributed by atoms with Gasteiger partial charge < -0.3 is 21.8 Å². The van der Waals surface area contributed by atoms with Gasteiger partial charge in [-0.05, 0) is 80.0 Å². The third-order valence-electron chi connectivity index (χ3n) is 7.55. The average Bonchev–Trinajstić information content (AvgIpc) is 2.97. The Balaban J connectivity index is 1.52. The summed E-state index contributed by atoms with van der Waals surface area (Å²) in [5.41, 5.74) is 7.44. The van der Waals surface area contributed by atoms with Gasteiger partial charge in [-0.3, -0.25) is 14.6 Å². The number of hydrogen-bond acceptors (Lipinski definition) is 5. The van der Waals surface area contributed by atoms with E-state index in [-0.39, 0.29) is 23.8 Å². The summed E-state index contributed by atoms with van der Waals surface area (Å²) in [7, 11) is 0. The van der Waals surface area contributed by atoms with Crippen LogP contribution in [0.2, 0.25) is 0 Å². The maximum absolute atomic E-state index is 13.5. The highest BCUT2D eigenvalue weighted by Gasteiger charge is 2.35. The normalized spacial score (nSPS) is 17.9. The molecule has 1 aromatic heterocycles. The molecule has 1 aliphatic rings. The molecule has 4 rings (SSSR count). The first-order valence-corrected chi connectivity index (χ1v) is 13.6. The second kappa shape index (κ2) is 13.1. The number of nitrogens with one attached hydrogen (secondary N) is 3. The number of hydrogen-bond donors (Lipinski definition) is 4. The summed E-state index contributed by atoms with van der Waals surface area (Å²) in [5, 5.41) is 13.5. The van der Waals surface area contributed by atoms with Crippen LogP contribution in [0.1, 0.15) is 49.4 Å². The molecule has 7 nitrogen and oxygen atoms in total. The number of benzene rings is 2. The van der Waals surface area contributed by atoms with Crippen molar-refractivity contribution in [1.29, 1.82) is 5.41 Å². The second-order valence-corrected chi connectivity index (χ2v) is 10.5. The third-order valence-corrected chi connectivity index (χ3v) is 7.55. The molecule has 1 fully saturated rings. The lowest BCUT2D eigenvalue weighted by Crippen LogP contribution is -2.48. The van der Waals surface area contributed by atoms with Crippen LogP contribution >= 0.6 is 0 Å².